The summed E-state index contributed by atoms with van der Waals surface area (Å²) in [6.45, 7) is 0. The van der Waals surface area contributed by atoms with Crippen LogP contribution in [0.15, 0.2) is 39.3 Å². The lowest BCUT2D eigenvalue weighted by Gasteiger charge is -2.03. The molecule has 0 aliphatic rings. The molecule has 0 bridgehead atoms. The first kappa shape index (κ1) is 10.6. The lowest BCUT2D eigenvalue weighted by Crippen LogP contribution is -1.90. The molecule has 0 aromatic heterocycles. The van der Waals surface area contributed by atoms with Crippen LogP contribution in [0.2, 0.25) is 0 Å². The Bertz CT molecular complexity index is 554. The summed E-state index contributed by atoms with van der Waals surface area (Å²) in [5, 5.41) is 12.3. The van der Waals surface area contributed by atoms with Crippen LogP contribution in [0.4, 0.5) is 5.69 Å². The number of nitro benzene ring substituents is 1. The first-order valence-corrected chi connectivity index (χ1v) is 5.71. The van der Waals surface area contributed by atoms with Crippen LogP contribution >= 0.6 is 31.9 Å². The van der Waals surface area contributed by atoms with E-state index in [1.165, 1.54) is 6.07 Å². The largest absolute Gasteiger partial charge is 0.278 e. The van der Waals surface area contributed by atoms with Gasteiger partial charge in [-0.2, -0.15) is 0 Å². The molecule has 0 aliphatic heterocycles. The average Bonchev–Trinajstić information content (AvgIpc) is 2.23. The highest BCUT2D eigenvalue weighted by atomic mass is 79.9. The molecule has 0 aliphatic carbocycles. The Hall–Kier alpha value is -0.940. The van der Waals surface area contributed by atoms with E-state index in [-0.39, 0.29) is 10.6 Å². The highest BCUT2D eigenvalue weighted by Gasteiger charge is 2.15. The van der Waals surface area contributed by atoms with Crippen molar-refractivity contribution in [3.63, 3.8) is 0 Å². The second-order valence-electron chi connectivity index (χ2n) is 2.99. The summed E-state index contributed by atoms with van der Waals surface area (Å²) in [7, 11) is 0. The zero-order chi connectivity index (χ0) is 11.0. The molecule has 0 spiro atoms. The van der Waals surface area contributed by atoms with Crippen molar-refractivity contribution >= 4 is 48.3 Å². The fourth-order valence-electron chi connectivity index (χ4n) is 1.44. The maximum Gasteiger partial charge on any atom is 0.278 e. The van der Waals surface area contributed by atoms with E-state index < -0.39 is 0 Å². The maximum absolute atomic E-state index is 10.8. The van der Waals surface area contributed by atoms with Crippen LogP contribution in [0, 0.1) is 10.1 Å². The summed E-state index contributed by atoms with van der Waals surface area (Å²) in [6.07, 6.45) is 0. The van der Waals surface area contributed by atoms with Crippen LogP contribution in [0.3, 0.4) is 0 Å². The highest BCUT2D eigenvalue weighted by molar-refractivity contribution is 9.13. The first-order chi connectivity index (χ1) is 7.11. The van der Waals surface area contributed by atoms with Crippen LogP contribution < -0.4 is 0 Å². The Morgan fingerprint density at radius 1 is 1.13 bits per heavy atom. The van der Waals surface area contributed by atoms with E-state index in [4.69, 9.17) is 0 Å². The van der Waals surface area contributed by atoms with Crippen LogP contribution in [0.5, 0.6) is 0 Å². The molecule has 0 unspecified atom stereocenters. The molecule has 76 valence electrons. The molecule has 15 heavy (non-hydrogen) atoms. The molecular formula is C10H5Br2NO2. The minimum Gasteiger partial charge on any atom is -0.258 e. The van der Waals surface area contributed by atoms with E-state index in [0.717, 1.165) is 9.86 Å². The second kappa shape index (κ2) is 3.90. The fraction of sp³-hybridized carbons (Fsp3) is 0. The van der Waals surface area contributed by atoms with Crippen molar-refractivity contribution in [1.29, 1.82) is 0 Å². The molecule has 0 heterocycles. The summed E-state index contributed by atoms with van der Waals surface area (Å²) >= 11 is 6.68. The van der Waals surface area contributed by atoms with Gasteiger partial charge in [-0.3, -0.25) is 10.1 Å². The van der Waals surface area contributed by atoms with Gasteiger partial charge in [0.25, 0.3) is 5.69 Å². The lowest BCUT2D eigenvalue weighted by atomic mass is 10.1. The van der Waals surface area contributed by atoms with Crippen LogP contribution in [0.1, 0.15) is 0 Å². The van der Waals surface area contributed by atoms with Gasteiger partial charge in [-0.05, 0) is 43.3 Å². The summed E-state index contributed by atoms with van der Waals surface area (Å²) in [5.41, 5.74) is 0.112. The zero-order valence-corrected chi connectivity index (χ0v) is 10.6. The van der Waals surface area contributed by atoms with Gasteiger partial charge < -0.3 is 0 Å². The number of nitro groups is 1. The summed E-state index contributed by atoms with van der Waals surface area (Å²) in [5.74, 6) is 0. The van der Waals surface area contributed by atoms with Crippen molar-refractivity contribution in [2.75, 3.05) is 0 Å². The Morgan fingerprint density at radius 2 is 1.87 bits per heavy atom. The van der Waals surface area contributed by atoms with E-state index in [0.29, 0.717) is 9.86 Å². The van der Waals surface area contributed by atoms with Gasteiger partial charge in [0.15, 0.2) is 0 Å². The fourth-order valence-corrected chi connectivity index (χ4v) is 2.34. The SMILES string of the molecule is O=[N+]([O-])c1cccc2ccc(Br)c(Br)c12. The predicted octanol–water partition coefficient (Wildman–Crippen LogP) is 4.27. The molecule has 2 aromatic carbocycles. The number of hydrogen-bond donors (Lipinski definition) is 0. The van der Waals surface area contributed by atoms with Crippen molar-refractivity contribution in [3.8, 4) is 0 Å². The molecule has 2 aromatic rings. The van der Waals surface area contributed by atoms with Crippen molar-refractivity contribution in [3.05, 3.63) is 49.4 Å². The number of hydrogen-bond acceptors (Lipinski definition) is 2. The molecule has 3 nitrogen and oxygen atoms in total. The molecule has 0 saturated carbocycles. The Labute approximate surface area is 103 Å². The Kier molecular flexibility index (Phi) is 2.75. The number of fused-ring (bicyclic) bond motifs is 1. The van der Waals surface area contributed by atoms with Crippen LogP contribution in [-0.4, -0.2) is 4.92 Å². The van der Waals surface area contributed by atoms with Crippen molar-refractivity contribution in [2.24, 2.45) is 0 Å². The van der Waals surface area contributed by atoms with E-state index >= 15 is 0 Å². The van der Waals surface area contributed by atoms with E-state index in [9.17, 15) is 10.1 Å². The standard InChI is InChI=1S/C10H5Br2NO2/c11-7-5-4-6-2-1-3-8(13(14)15)9(6)10(7)12/h1-5H. The molecule has 0 N–H and O–H groups in total. The number of rotatable bonds is 1. The third-order valence-electron chi connectivity index (χ3n) is 2.11. The van der Waals surface area contributed by atoms with Gasteiger partial charge >= 0.3 is 0 Å². The molecule has 0 atom stereocenters. The Balaban J connectivity index is 2.94. The molecule has 0 fully saturated rings. The molecular weight excluding hydrogens is 326 g/mol. The first-order valence-electron chi connectivity index (χ1n) is 4.12. The third kappa shape index (κ3) is 1.77. The van der Waals surface area contributed by atoms with Gasteiger partial charge in [0.05, 0.1) is 10.3 Å². The quantitative estimate of drug-likeness (QED) is 0.578. The van der Waals surface area contributed by atoms with Crippen LogP contribution in [0.25, 0.3) is 10.8 Å². The summed E-state index contributed by atoms with van der Waals surface area (Å²) in [4.78, 5) is 10.5. The van der Waals surface area contributed by atoms with Gasteiger partial charge in [0, 0.05) is 15.0 Å². The highest BCUT2D eigenvalue weighted by Crippen LogP contribution is 2.36. The van der Waals surface area contributed by atoms with E-state index in [1.54, 1.807) is 6.07 Å². The lowest BCUT2D eigenvalue weighted by molar-refractivity contribution is -0.383. The number of non-ortho nitro benzene ring substituents is 1. The number of benzene rings is 2. The molecule has 0 radical (unpaired) electrons. The van der Waals surface area contributed by atoms with Crippen LogP contribution in [-0.2, 0) is 0 Å². The van der Waals surface area contributed by atoms with Gasteiger partial charge in [-0.15, -0.1) is 0 Å². The maximum atomic E-state index is 10.8. The monoisotopic (exact) mass is 329 g/mol. The molecule has 0 saturated heterocycles. The second-order valence-corrected chi connectivity index (χ2v) is 4.64. The van der Waals surface area contributed by atoms with Gasteiger partial charge in [0.1, 0.15) is 0 Å². The van der Waals surface area contributed by atoms with Gasteiger partial charge in [0.2, 0.25) is 0 Å². The minimum absolute atomic E-state index is 0.112. The number of halogens is 2. The van der Waals surface area contributed by atoms with Crippen molar-refractivity contribution < 1.29 is 4.92 Å². The normalized spacial score (nSPS) is 10.5. The number of nitrogens with zero attached hydrogens (tertiary/aromatic N) is 1. The topological polar surface area (TPSA) is 43.1 Å². The smallest absolute Gasteiger partial charge is 0.258 e. The Morgan fingerprint density at radius 3 is 2.53 bits per heavy atom. The van der Waals surface area contributed by atoms with Gasteiger partial charge in [-0.1, -0.05) is 18.2 Å². The summed E-state index contributed by atoms with van der Waals surface area (Å²) in [6, 6.07) is 8.73. The van der Waals surface area contributed by atoms with Crippen molar-refractivity contribution in [1.82, 2.24) is 0 Å². The molecule has 2 rings (SSSR count). The molecule has 5 heteroatoms. The zero-order valence-electron chi connectivity index (χ0n) is 7.41. The third-order valence-corrected chi connectivity index (χ3v) is 4.13. The van der Waals surface area contributed by atoms with Gasteiger partial charge in [-0.25, -0.2) is 0 Å². The minimum atomic E-state index is -0.375. The van der Waals surface area contributed by atoms with Crippen molar-refractivity contribution in [2.45, 2.75) is 0 Å². The van der Waals surface area contributed by atoms with E-state index in [1.807, 2.05) is 18.2 Å². The predicted molar refractivity (Wildman–Crippen MR) is 66.0 cm³/mol. The molecule has 0 amide bonds. The average molecular weight is 331 g/mol. The van der Waals surface area contributed by atoms with E-state index in [2.05, 4.69) is 31.9 Å². The summed E-state index contributed by atoms with van der Waals surface area (Å²) < 4.78 is 1.52.